The molecule has 1 fully saturated rings. The molecule has 1 aliphatic heterocycles. The molecule has 0 unspecified atom stereocenters. The third-order valence-corrected chi connectivity index (χ3v) is 5.68. The van der Waals surface area contributed by atoms with Crippen LogP contribution in [-0.4, -0.2) is 33.5 Å². The first-order valence-corrected chi connectivity index (χ1v) is 9.99. The van der Waals surface area contributed by atoms with Crippen LogP contribution in [0.25, 0.3) is 17.0 Å². The lowest BCUT2D eigenvalue weighted by molar-refractivity contribution is -0.140. The largest absolute Gasteiger partial charge is 0.480 e. The number of barbiturate groups is 1. The van der Waals surface area contributed by atoms with Crippen LogP contribution in [0.15, 0.2) is 54.2 Å². The highest BCUT2D eigenvalue weighted by atomic mass is 16.4. The predicted octanol–water partition coefficient (Wildman–Crippen LogP) is 3.57. The van der Waals surface area contributed by atoms with Crippen LogP contribution in [0.2, 0.25) is 0 Å². The van der Waals surface area contributed by atoms with Crippen molar-refractivity contribution in [2.24, 2.45) is 0 Å². The number of carboxylic acids is 1. The second kappa shape index (κ2) is 7.81. The number of urea groups is 1. The maximum absolute atomic E-state index is 13.1. The Labute approximate surface area is 183 Å². The van der Waals surface area contributed by atoms with Gasteiger partial charge in [0.1, 0.15) is 11.6 Å². The molecular formula is C24H21N3O5. The monoisotopic (exact) mass is 431 g/mol. The highest BCUT2D eigenvalue weighted by Gasteiger charge is 2.36. The zero-order chi connectivity index (χ0) is 23.2. The first-order chi connectivity index (χ1) is 15.2. The van der Waals surface area contributed by atoms with Gasteiger partial charge in [-0.15, -0.1) is 0 Å². The molecule has 1 saturated heterocycles. The molecule has 1 atom stereocenters. The molecule has 2 N–H and O–H groups in total. The molecule has 0 saturated carbocycles. The number of aryl methyl sites for hydroxylation is 2. The number of amides is 4. The molecular weight excluding hydrogens is 410 g/mol. The molecule has 0 bridgehead atoms. The fourth-order valence-electron chi connectivity index (χ4n) is 3.65. The van der Waals surface area contributed by atoms with Gasteiger partial charge in [-0.2, -0.15) is 0 Å². The van der Waals surface area contributed by atoms with Crippen molar-refractivity contribution >= 4 is 46.5 Å². The minimum Gasteiger partial charge on any atom is -0.480 e. The first-order valence-electron chi connectivity index (χ1n) is 9.99. The van der Waals surface area contributed by atoms with Gasteiger partial charge in [0.25, 0.3) is 11.8 Å². The number of hydrogen-bond donors (Lipinski definition) is 2. The normalized spacial score (nSPS) is 16.5. The van der Waals surface area contributed by atoms with E-state index in [1.54, 1.807) is 54.1 Å². The van der Waals surface area contributed by atoms with Crippen molar-refractivity contribution in [1.29, 1.82) is 0 Å². The van der Waals surface area contributed by atoms with Crippen molar-refractivity contribution in [3.8, 4) is 0 Å². The number of hydrogen-bond acceptors (Lipinski definition) is 4. The van der Waals surface area contributed by atoms with Crippen LogP contribution in [-0.2, 0) is 14.4 Å². The summed E-state index contributed by atoms with van der Waals surface area (Å²) >= 11 is 0. The average Bonchev–Trinajstić information content (AvgIpc) is 3.16. The van der Waals surface area contributed by atoms with Gasteiger partial charge in [-0.05, 0) is 73.9 Å². The van der Waals surface area contributed by atoms with Gasteiger partial charge in [-0.3, -0.25) is 14.9 Å². The van der Waals surface area contributed by atoms with E-state index >= 15 is 0 Å². The third kappa shape index (κ3) is 3.56. The van der Waals surface area contributed by atoms with Crippen LogP contribution in [0, 0.1) is 13.8 Å². The molecule has 0 spiro atoms. The van der Waals surface area contributed by atoms with Crippen molar-refractivity contribution in [1.82, 2.24) is 9.88 Å². The Bertz CT molecular complexity index is 1330. The molecule has 3 aromatic rings. The van der Waals surface area contributed by atoms with E-state index in [4.69, 9.17) is 0 Å². The van der Waals surface area contributed by atoms with Gasteiger partial charge in [0, 0.05) is 17.1 Å². The smallest absolute Gasteiger partial charge is 0.335 e. The number of aliphatic carboxylic acids is 1. The lowest BCUT2D eigenvalue weighted by Crippen LogP contribution is -2.54. The Morgan fingerprint density at radius 3 is 2.47 bits per heavy atom. The van der Waals surface area contributed by atoms with E-state index < -0.39 is 29.9 Å². The van der Waals surface area contributed by atoms with E-state index in [9.17, 15) is 24.3 Å². The van der Waals surface area contributed by atoms with Gasteiger partial charge in [-0.25, -0.2) is 14.5 Å². The first kappa shape index (κ1) is 21.0. The summed E-state index contributed by atoms with van der Waals surface area (Å²) in [6, 6.07) is 10.6. The molecule has 8 nitrogen and oxygen atoms in total. The van der Waals surface area contributed by atoms with Crippen molar-refractivity contribution in [3.05, 3.63) is 70.9 Å². The Balaban J connectivity index is 1.72. The Morgan fingerprint density at radius 2 is 1.78 bits per heavy atom. The third-order valence-electron chi connectivity index (χ3n) is 5.68. The summed E-state index contributed by atoms with van der Waals surface area (Å²) in [4.78, 5) is 50.2. The van der Waals surface area contributed by atoms with Gasteiger partial charge in [-0.1, -0.05) is 12.1 Å². The molecule has 0 aliphatic carbocycles. The highest BCUT2D eigenvalue weighted by molar-refractivity contribution is 6.39. The molecule has 4 rings (SSSR count). The molecule has 1 aliphatic rings. The summed E-state index contributed by atoms with van der Waals surface area (Å²) < 4.78 is 1.63. The molecule has 32 heavy (non-hydrogen) atoms. The lowest BCUT2D eigenvalue weighted by atomic mass is 10.0. The number of carbonyl (C=O) groups is 4. The number of carbonyl (C=O) groups excluding carboxylic acids is 3. The molecule has 4 amide bonds. The van der Waals surface area contributed by atoms with E-state index in [-0.39, 0.29) is 5.57 Å². The summed E-state index contributed by atoms with van der Waals surface area (Å²) in [5, 5.41) is 12.3. The van der Waals surface area contributed by atoms with Crippen LogP contribution in [0.5, 0.6) is 0 Å². The van der Waals surface area contributed by atoms with Gasteiger partial charge in [0.2, 0.25) is 0 Å². The number of anilines is 1. The highest BCUT2D eigenvalue weighted by Crippen LogP contribution is 2.26. The fourth-order valence-corrected chi connectivity index (χ4v) is 3.65. The number of aromatic nitrogens is 1. The minimum absolute atomic E-state index is 0.166. The number of carboxylic acid groups (broad SMARTS) is 1. The number of nitrogens with one attached hydrogen (secondary N) is 1. The number of rotatable bonds is 4. The number of nitrogens with zero attached hydrogens (tertiary/aromatic N) is 2. The number of fused-ring (bicyclic) bond motifs is 1. The molecule has 8 heteroatoms. The zero-order valence-corrected chi connectivity index (χ0v) is 17.7. The van der Waals surface area contributed by atoms with Gasteiger partial charge >= 0.3 is 12.0 Å². The van der Waals surface area contributed by atoms with E-state index in [0.29, 0.717) is 16.8 Å². The maximum atomic E-state index is 13.1. The van der Waals surface area contributed by atoms with Gasteiger partial charge in [0.15, 0.2) is 0 Å². The average molecular weight is 431 g/mol. The quantitative estimate of drug-likeness (QED) is 0.485. The fraction of sp³-hybridized carbons (Fsp3) is 0.167. The standard InChI is InChI=1S/C24H21N3O5/c1-13-4-6-18(10-14(13)2)27-22(29)19(21(28)25-24(27)32)12-16-5-7-20-17(11-16)8-9-26(20)15(3)23(30)31/h4-12,15H,1-3H3,(H,30,31)(H,25,28,32)/b19-12+/t15-/m1/s1. The topological polar surface area (TPSA) is 109 Å². The zero-order valence-electron chi connectivity index (χ0n) is 17.7. The van der Waals surface area contributed by atoms with Crippen molar-refractivity contribution < 1.29 is 24.3 Å². The van der Waals surface area contributed by atoms with Gasteiger partial charge < -0.3 is 9.67 Å². The predicted molar refractivity (Wildman–Crippen MR) is 119 cm³/mol. The SMILES string of the molecule is Cc1ccc(N2C(=O)NC(=O)/C(=C\c3ccc4c(ccn4[C@H](C)C(=O)O)c3)C2=O)cc1C. The van der Waals surface area contributed by atoms with E-state index in [1.165, 1.54) is 6.08 Å². The van der Waals surface area contributed by atoms with Gasteiger partial charge in [0.05, 0.1) is 5.69 Å². The molecule has 162 valence electrons. The Kier molecular flexibility index (Phi) is 5.14. The Morgan fingerprint density at radius 1 is 1.03 bits per heavy atom. The molecule has 2 heterocycles. The molecule has 1 aromatic heterocycles. The van der Waals surface area contributed by atoms with Crippen LogP contribution in [0.4, 0.5) is 10.5 Å². The Hall–Kier alpha value is -4.20. The molecule has 2 aromatic carbocycles. The van der Waals surface area contributed by atoms with Crippen LogP contribution >= 0.6 is 0 Å². The summed E-state index contributed by atoms with van der Waals surface area (Å²) in [5.41, 5.74) is 3.43. The summed E-state index contributed by atoms with van der Waals surface area (Å²) in [7, 11) is 0. The molecule has 0 radical (unpaired) electrons. The van der Waals surface area contributed by atoms with Crippen LogP contribution < -0.4 is 10.2 Å². The van der Waals surface area contributed by atoms with Crippen molar-refractivity contribution in [2.45, 2.75) is 26.8 Å². The van der Waals surface area contributed by atoms with Crippen LogP contribution in [0.1, 0.15) is 29.7 Å². The van der Waals surface area contributed by atoms with Crippen molar-refractivity contribution in [3.63, 3.8) is 0 Å². The van der Waals surface area contributed by atoms with E-state index in [1.807, 2.05) is 19.9 Å². The van der Waals surface area contributed by atoms with Crippen LogP contribution in [0.3, 0.4) is 0 Å². The van der Waals surface area contributed by atoms with E-state index in [0.717, 1.165) is 21.4 Å². The van der Waals surface area contributed by atoms with Crippen molar-refractivity contribution in [2.75, 3.05) is 4.90 Å². The summed E-state index contributed by atoms with van der Waals surface area (Å²) in [5.74, 6) is -2.43. The summed E-state index contributed by atoms with van der Waals surface area (Å²) in [6.07, 6.45) is 3.11. The number of imide groups is 2. The maximum Gasteiger partial charge on any atom is 0.335 e. The second-order valence-corrected chi connectivity index (χ2v) is 7.78. The minimum atomic E-state index is -0.950. The number of benzene rings is 2. The summed E-state index contributed by atoms with van der Waals surface area (Å²) in [6.45, 7) is 5.38. The van der Waals surface area contributed by atoms with E-state index in [2.05, 4.69) is 5.32 Å². The lowest BCUT2D eigenvalue weighted by Gasteiger charge is -2.26. The second-order valence-electron chi connectivity index (χ2n) is 7.78.